The molecule has 1 fully saturated rings. The fraction of sp³-hybridized carbons (Fsp3) is 0.333. The number of aromatic carboxylic acids is 1. The van der Waals surface area contributed by atoms with E-state index in [-0.39, 0.29) is 22.5 Å². The lowest BCUT2D eigenvalue weighted by Crippen LogP contribution is -2.38. The van der Waals surface area contributed by atoms with Crippen molar-refractivity contribution in [2.45, 2.75) is 43.3 Å². The fourth-order valence-electron chi connectivity index (χ4n) is 5.43. The van der Waals surface area contributed by atoms with Crippen LogP contribution in [0.3, 0.4) is 0 Å². The number of nitrogens with zero attached hydrogens (tertiary/aromatic N) is 3. The van der Waals surface area contributed by atoms with E-state index in [2.05, 4.69) is 15.0 Å². The van der Waals surface area contributed by atoms with Crippen LogP contribution in [-0.2, 0) is 16.4 Å². The number of hydrogen-bond donors (Lipinski definition) is 2. The van der Waals surface area contributed by atoms with Gasteiger partial charge >= 0.3 is 5.97 Å². The molecule has 4 aromatic rings. The summed E-state index contributed by atoms with van der Waals surface area (Å²) in [6, 6.07) is 10.9. The lowest BCUT2D eigenvalue weighted by molar-refractivity contribution is 0.0682. The molecule has 2 atom stereocenters. The molecule has 0 bridgehead atoms. The minimum Gasteiger partial charge on any atom is -0.496 e. The molecule has 194 valence electrons. The normalized spacial score (nSPS) is 18.8. The van der Waals surface area contributed by atoms with Crippen molar-refractivity contribution in [1.29, 1.82) is 0 Å². The largest absolute Gasteiger partial charge is 0.496 e. The van der Waals surface area contributed by atoms with Crippen LogP contribution >= 0.6 is 0 Å². The number of likely N-dealkylation sites (tertiary alicyclic amines) is 1. The van der Waals surface area contributed by atoms with E-state index in [1.54, 1.807) is 30.1 Å². The van der Waals surface area contributed by atoms with Gasteiger partial charge in [0.2, 0.25) is 0 Å². The Kier molecular flexibility index (Phi) is 6.55. The van der Waals surface area contributed by atoms with E-state index in [4.69, 9.17) is 4.74 Å². The van der Waals surface area contributed by atoms with E-state index in [0.717, 1.165) is 39.8 Å². The number of benzene rings is 2. The Bertz CT molecular complexity index is 1570. The van der Waals surface area contributed by atoms with Crippen molar-refractivity contribution in [2.75, 3.05) is 19.9 Å². The molecule has 0 aliphatic carbocycles. The monoisotopic (exact) mass is 522 g/mol. The van der Waals surface area contributed by atoms with Crippen molar-refractivity contribution in [3.63, 3.8) is 0 Å². The Morgan fingerprint density at radius 3 is 2.76 bits per heavy atom. The highest BCUT2D eigenvalue weighted by Crippen LogP contribution is 2.41. The smallest absolute Gasteiger partial charge is 0.336 e. The zero-order chi connectivity index (χ0) is 26.3. The van der Waals surface area contributed by atoms with E-state index in [1.807, 2.05) is 37.4 Å². The molecule has 0 radical (unpaired) electrons. The van der Waals surface area contributed by atoms with Gasteiger partial charge in [-0.3, -0.25) is 9.58 Å². The topological polar surface area (TPSA) is 118 Å². The van der Waals surface area contributed by atoms with Crippen LogP contribution in [0, 0.1) is 6.92 Å². The van der Waals surface area contributed by atoms with Crippen LogP contribution < -0.4 is 4.74 Å². The fourth-order valence-corrected chi connectivity index (χ4v) is 5.96. The first kappa shape index (κ1) is 25.0. The summed E-state index contributed by atoms with van der Waals surface area (Å²) in [6.45, 7) is 3.27. The van der Waals surface area contributed by atoms with E-state index in [0.29, 0.717) is 19.5 Å². The molecule has 37 heavy (non-hydrogen) atoms. The number of piperidine rings is 1. The van der Waals surface area contributed by atoms with Crippen LogP contribution in [-0.4, -0.2) is 59.1 Å². The second kappa shape index (κ2) is 9.68. The highest BCUT2D eigenvalue weighted by Gasteiger charge is 2.34. The number of hydrogen-bond acceptors (Lipinski definition) is 6. The summed E-state index contributed by atoms with van der Waals surface area (Å²) in [7, 11) is -1.71. The first-order valence-electron chi connectivity index (χ1n) is 12.1. The number of fused-ring (bicyclic) bond motifs is 1. The van der Waals surface area contributed by atoms with Gasteiger partial charge in [-0.05, 0) is 49.1 Å². The van der Waals surface area contributed by atoms with Crippen molar-refractivity contribution in [1.82, 2.24) is 19.7 Å². The van der Waals surface area contributed by atoms with Crippen molar-refractivity contribution in [3.8, 4) is 5.75 Å². The van der Waals surface area contributed by atoms with Gasteiger partial charge in [0, 0.05) is 54.2 Å². The third-order valence-electron chi connectivity index (χ3n) is 7.31. The number of ether oxygens (including phenoxy) is 1. The molecular formula is C27H30N4O5S. The highest BCUT2D eigenvalue weighted by molar-refractivity contribution is 7.90. The van der Waals surface area contributed by atoms with Gasteiger partial charge in [-0.25, -0.2) is 13.2 Å². The van der Waals surface area contributed by atoms with Gasteiger partial charge in [-0.1, -0.05) is 18.2 Å². The minimum atomic E-state index is -3.37. The van der Waals surface area contributed by atoms with E-state index in [9.17, 15) is 18.3 Å². The Hall–Kier alpha value is -3.63. The molecule has 10 heteroatoms. The SMILES string of the molecule is COc1cc(C)c2[nH]ccc2c1CN1CC[C@H](n2cc(S(C)(=O)=O)cn2)C[C@@H]1c1ccccc1C(=O)O. The summed E-state index contributed by atoms with van der Waals surface area (Å²) in [6.07, 6.45) is 7.35. The van der Waals surface area contributed by atoms with Crippen molar-refractivity contribution in [3.05, 3.63) is 77.2 Å². The predicted molar refractivity (Wildman–Crippen MR) is 140 cm³/mol. The van der Waals surface area contributed by atoms with Gasteiger partial charge in [0.1, 0.15) is 10.6 Å². The van der Waals surface area contributed by atoms with Crippen LogP contribution in [0.5, 0.6) is 5.75 Å². The zero-order valence-corrected chi connectivity index (χ0v) is 21.8. The number of methoxy groups -OCH3 is 1. The average molecular weight is 523 g/mol. The maximum Gasteiger partial charge on any atom is 0.336 e. The summed E-state index contributed by atoms with van der Waals surface area (Å²) in [5.41, 5.74) is 4.18. The molecule has 0 saturated carbocycles. The Labute approximate surface area is 215 Å². The summed E-state index contributed by atoms with van der Waals surface area (Å²) in [5.74, 6) is -0.182. The van der Waals surface area contributed by atoms with Crippen LogP contribution in [0.1, 0.15) is 52.0 Å². The summed E-state index contributed by atoms with van der Waals surface area (Å²) in [4.78, 5) is 17.9. The van der Waals surface area contributed by atoms with Crippen LogP contribution in [0.4, 0.5) is 0 Å². The van der Waals surface area contributed by atoms with E-state index < -0.39 is 15.8 Å². The molecule has 1 aliphatic heterocycles. The van der Waals surface area contributed by atoms with E-state index >= 15 is 0 Å². The summed E-state index contributed by atoms with van der Waals surface area (Å²) in [5, 5.41) is 15.4. The number of rotatable bonds is 7. The summed E-state index contributed by atoms with van der Waals surface area (Å²) < 4.78 is 31.5. The molecule has 9 nitrogen and oxygen atoms in total. The third-order valence-corrected chi connectivity index (χ3v) is 8.38. The Morgan fingerprint density at radius 2 is 2.05 bits per heavy atom. The molecule has 2 aromatic carbocycles. The number of aromatic nitrogens is 3. The van der Waals surface area contributed by atoms with Crippen molar-refractivity contribution in [2.24, 2.45) is 0 Å². The molecule has 3 heterocycles. The van der Waals surface area contributed by atoms with Crippen LogP contribution in [0.25, 0.3) is 10.9 Å². The number of sulfone groups is 1. The molecule has 1 saturated heterocycles. The number of carboxylic acid groups (broad SMARTS) is 1. The number of aromatic amines is 1. The summed E-state index contributed by atoms with van der Waals surface area (Å²) >= 11 is 0. The maximum atomic E-state index is 12.1. The number of carbonyl (C=O) groups is 1. The predicted octanol–water partition coefficient (Wildman–Crippen LogP) is 4.36. The lowest BCUT2D eigenvalue weighted by Gasteiger charge is -2.40. The average Bonchev–Trinajstić information content (AvgIpc) is 3.56. The molecule has 0 unspecified atom stereocenters. The molecule has 2 aromatic heterocycles. The Morgan fingerprint density at radius 1 is 1.27 bits per heavy atom. The molecule has 0 spiro atoms. The zero-order valence-electron chi connectivity index (χ0n) is 21.0. The third kappa shape index (κ3) is 4.74. The van der Waals surface area contributed by atoms with Gasteiger partial charge in [0.25, 0.3) is 0 Å². The number of aryl methyl sites for hydroxylation is 1. The Balaban J connectivity index is 1.55. The standard InChI is InChI=1S/C27H30N4O5S/c1-17-12-25(36-2)23(21-8-10-28-26(17)21)16-30-11-9-18(31-15-19(14-29-31)37(3,34)35)13-24(30)20-6-4-5-7-22(20)27(32)33/h4-8,10,12,14-15,18,24,28H,9,11,13,16H2,1-3H3,(H,32,33)/t18-,24+/m0/s1. The molecule has 1 aliphatic rings. The van der Waals surface area contributed by atoms with Gasteiger partial charge in [-0.15, -0.1) is 0 Å². The van der Waals surface area contributed by atoms with Crippen molar-refractivity contribution < 1.29 is 23.1 Å². The maximum absolute atomic E-state index is 12.1. The first-order chi connectivity index (χ1) is 17.7. The molecule has 0 amide bonds. The number of carboxylic acids is 1. The second-order valence-electron chi connectivity index (χ2n) is 9.63. The van der Waals surface area contributed by atoms with E-state index in [1.165, 1.54) is 12.5 Å². The van der Waals surface area contributed by atoms with Crippen molar-refractivity contribution >= 4 is 26.7 Å². The lowest BCUT2D eigenvalue weighted by atomic mass is 9.88. The van der Waals surface area contributed by atoms with Crippen LogP contribution in [0.15, 0.2) is 59.9 Å². The van der Waals surface area contributed by atoms with Gasteiger partial charge < -0.3 is 14.8 Å². The quantitative estimate of drug-likeness (QED) is 0.370. The second-order valence-corrected chi connectivity index (χ2v) is 11.6. The van der Waals surface area contributed by atoms with Gasteiger partial charge in [0.05, 0.1) is 24.9 Å². The molecular weight excluding hydrogens is 492 g/mol. The van der Waals surface area contributed by atoms with Gasteiger partial charge in [-0.2, -0.15) is 5.10 Å². The number of nitrogens with one attached hydrogen (secondary N) is 1. The molecule has 2 N–H and O–H groups in total. The highest BCUT2D eigenvalue weighted by atomic mass is 32.2. The van der Waals surface area contributed by atoms with Gasteiger partial charge in [0.15, 0.2) is 9.84 Å². The van der Waals surface area contributed by atoms with Crippen LogP contribution in [0.2, 0.25) is 0 Å². The first-order valence-corrected chi connectivity index (χ1v) is 14.0. The molecule has 5 rings (SSSR count). The number of H-pyrrole nitrogens is 1. The minimum absolute atomic E-state index is 0.0780.